The van der Waals surface area contributed by atoms with Crippen molar-refractivity contribution < 1.29 is 13.9 Å². The molecule has 0 unspecified atom stereocenters. The first-order valence-corrected chi connectivity index (χ1v) is 9.59. The van der Waals surface area contributed by atoms with E-state index in [9.17, 15) is 9.18 Å². The molecule has 0 atom stereocenters. The second-order valence-corrected chi connectivity index (χ2v) is 7.14. The van der Waals surface area contributed by atoms with Crippen molar-refractivity contribution in [2.45, 2.75) is 25.8 Å². The van der Waals surface area contributed by atoms with E-state index < -0.39 is 0 Å². The fourth-order valence-corrected chi connectivity index (χ4v) is 3.81. The fraction of sp³-hybridized carbons (Fsp3) is 0.450. The van der Waals surface area contributed by atoms with E-state index in [-0.39, 0.29) is 48.1 Å². The van der Waals surface area contributed by atoms with Crippen LogP contribution < -0.4 is 20.3 Å². The topological polar surface area (TPSA) is 79.4 Å². The number of rotatable bonds is 4. The van der Waals surface area contributed by atoms with E-state index in [4.69, 9.17) is 4.74 Å². The summed E-state index contributed by atoms with van der Waals surface area (Å²) in [4.78, 5) is 23.3. The molecule has 0 bridgehead atoms. The van der Waals surface area contributed by atoms with Gasteiger partial charge in [0.25, 0.3) is 0 Å². The average molecular weight is 458 g/mol. The number of halogens is 3. The number of benzene rings is 1. The van der Waals surface area contributed by atoms with Crippen LogP contribution in [0, 0.1) is 11.7 Å². The number of aromatic nitrogens is 2. The normalized spacial score (nSPS) is 16.0. The number of nitrogens with zero attached hydrogens (tertiary/aromatic N) is 3. The number of carbonyl (C=O) groups excluding carboxylic acids is 1. The van der Waals surface area contributed by atoms with Gasteiger partial charge in [0.2, 0.25) is 17.7 Å². The highest BCUT2D eigenvalue weighted by Crippen LogP contribution is 2.27. The van der Waals surface area contributed by atoms with E-state index in [0.29, 0.717) is 56.3 Å². The molecular weight excluding hydrogens is 432 g/mol. The summed E-state index contributed by atoms with van der Waals surface area (Å²) < 4.78 is 19.9. The maximum Gasteiger partial charge on any atom is 0.228 e. The van der Waals surface area contributed by atoms with Crippen LogP contribution in [0.25, 0.3) is 0 Å². The summed E-state index contributed by atoms with van der Waals surface area (Å²) in [5, 5.41) is 6.03. The highest BCUT2D eigenvalue weighted by Gasteiger charge is 2.27. The van der Waals surface area contributed by atoms with Gasteiger partial charge in [0, 0.05) is 37.8 Å². The molecule has 1 aromatic carbocycles. The predicted molar refractivity (Wildman–Crippen MR) is 118 cm³/mol. The molecule has 1 saturated heterocycles. The molecule has 1 aromatic heterocycles. The van der Waals surface area contributed by atoms with Crippen LogP contribution in [0.15, 0.2) is 24.4 Å². The van der Waals surface area contributed by atoms with Crippen LogP contribution in [-0.4, -0.2) is 42.6 Å². The van der Waals surface area contributed by atoms with Crippen molar-refractivity contribution in [3.63, 3.8) is 0 Å². The number of ether oxygens (including phenoxy) is 1. The maximum atomic E-state index is 14.8. The number of hydrogen-bond acceptors (Lipinski definition) is 6. The molecule has 7 nitrogen and oxygen atoms in total. The molecular formula is C20H26Cl2FN5O2. The third-order valence-corrected chi connectivity index (χ3v) is 5.44. The van der Waals surface area contributed by atoms with E-state index in [1.807, 2.05) is 11.0 Å². The Morgan fingerprint density at radius 1 is 1.27 bits per heavy atom. The van der Waals surface area contributed by atoms with Crippen molar-refractivity contribution in [3.05, 3.63) is 41.3 Å². The largest absolute Gasteiger partial charge is 0.481 e. The first kappa shape index (κ1) is 24.1. The Kier molecular flexibility index (Phi) is 8.64. The minimum absolute atomic E-state index is 0. The summed E-state index contributed by atoms with van der Waals surface area (Å²) in [6.07, 6.45) is 3.64. The van der Waals surface area contributed by atoms with Gasteiger partial charge < -0.3 is 20.3 Å². The van der Waals surface area contributed by atoms with Gasteiger partial charge in [-0.05, 0) is 43.0 Å². The number of nitrogens with one attached hydrogen (secondary N) is 2. The van der Waals surface area contributed by atoms with Crippen molar-refractivity contribution >= 4 is 42.4 Å². The third kappa shape index (κ3) is 5.11. The van der Waals surface area contributed by atoms with Crippen LogP contribution in [0.2, 0.25) is 0 Å². The lowest BCUT2D eigenvalue weighted by Gasteiger charge is -2.31. The molecule has 2 aliphatic heterocycles. The molecule has 0 spiro atoms. The van der Waals surface area contributed by atoms with Crippen LogP contribution >= 0.6 is 24.8 Å². The van der Waals surface area contributed by atoms with Crippen molar-refractivity contribution in [1.29, 1.82) is 0 Å². The fourth-order valence-electron chi connectivity index (χ4n) is 3.81. The van der Waals surface area contributed by atoms with Crippen LogP contribution in [0.3, 0.4) is 0 Å². The van der Waals surface area contributed by atoms with E-state index in [1.165, 1.54) is 0 Å². The molecule has 3 heterocycles. The highest BCUT2D eigenvalue weighted by molar-refractivity contribution is 5.93. The van der Waals surface area contributed by atoms with Crippen LogP contribution in [0.4, 0.5) is 16.0 Å². The number of methoxy groups -OCH3 is 1. The van der Waals surface area contributed by atoms with Gasteiger partial charge in [-0.25, -0.2) is 9.37 Å². The third-order valence-electron chi connectivity index (χ3n) is 5.44. The number of fused-ring (bicyclic) bond motifs is 1. The molecule has 4 rings (SSSR count). The average Bonchev–Trinajstić information content (AvgIpc) is 2.76. The van der Waals surface area contributed by atoms with Crippen LogP contribution in [-0.2, 0) is 17.8 Å². The molecule has 30 heavy (non-hydrogen) atoms. The number of hydrogen-bond donors (Lipinski definition) is 2. The molecule has 2 aliphatic rings. The van der Waals surface area contributed by atoms with Gasteiger partial charge >= 0.3 is 0 Å². The summed E-state index contributed by atoms with van der Waals surface area (Å²) in [5.74, 6) is 0.544. The lowest BCUT2D eigenvalue weighted by Crippen LogP contribution is -2.39. The predicted octanol–water partition coefficient (Wildman–Crippen LogP) is 2.97. The van der Waals surface area contributed by atoms with Crippen molar-refractivity contribution in [2.24, 2.45) is 5.92 Å². The van der Waals surface area contributed by atoms with Crippen molar-refractivity contribution in [2.75, 3.05) is 37.0 Å². The second kappa shape index (κ2) is 10.7. The molecule has 164 valence electrons. The number of piperidine rings is 1. The Balaban J connectivity index is 0.00000160. The van der Waals surface area contributed by atoms with Gasteiger partial charge in [-0.2, -0.15) is 4.98 Å². The Hall–Kier alpha value is -2.16. The Bertz CT molecular complexity index is 878. The van der Waals surface area contributed by atoms with Crippen molar-refractivity contribution in [3.8, 4) is 5.88 Å². The zero-order chi connectivity index (χ0) is 19.5. The van der Waals surface area contributed by atoms with Gasteiger partial charge in [0.05, 0.1) is 12.8 Å². The van der Waals surface area contributed by atoms with E-state index in [2.05, 4.69) is 20.6 Å². The minimum atomic E-state index is -0.297. The Labute approximate surface area is 187 Å². The van der Waals surface area contributed by atoms with Crippen LogP contribution in [0.1, 0.15) is 24.0 Å². The first-order chi connectivity index (χ1) is 13.7. The molecule has 0 aliphatic carbocycles. The number of amides is 1. The summed E-state index contributed by atoms with van der Waals surface area (Å²) in [5.41, 5.74) is 1.96. The molecule has 0 radical (unpaired) electrons. The van der Waals surface area contributed by atoms with Gasteiger partial charge in [0.1, 0.15) is 5.82 Å². The van der Waals surface area contributed by atoms with Gasteiger partial charge in [-0.15, -0.1) is 24.8 Å². The zero-order valence-electron chi connectivity index (χ0n) is 16.7. The SMILES string of the molecule is COc1ccnc(N2CCC(C(=O)Nc3ccc4c(c3F)CCNC4)CC2)n1.Cl.Cl. The summed E-state index contributed by atoms with van der Waals surface area (Å²) >= 11 is 0. The quantitative estimate of drug-likeness (QED) is 0.734. The van der Waals surface area contributed by atoms with E-state index in [1.54, 1.807) is 25.4 Å². The molecule has 1 fully saturated rings. The Morgan fingerprint density at radius 3 is 2.77 bits per heavy atom. The molecule has 1 amide bonds. The Morgan fingerprint density at radius 2 is 2.03 bits per heavy atom. The molecule has 2 N–H and O–H groups in total. The smallest absolute Gasteiger partial charge is 0.228 e. The molecule has 10 heteroatoms. The van der Waals surface area contributed by atoms with Gasteiger partial charge in [0.15, 0.2) is 0 Å². The highest BCUT2D eigenvalue weighted by atomic mass is 35.5. The summed E-state index contributed by atoms with van der Waals surface area (Å²) in [7, 11) is 1.57. The monoisotopic (exact) mass is 457 g/mol. The number of carbonyl (C=O) groups is 1. The lowest BCUT2D eigenvalue weighted by atomic mass is 9.95. The number of anilines is 2. The van der Waals surface area contributed by atoms with Crippen molar-refractivity contribution in [1.82, 2.24) is 15.3 Å². The van der Waals surface area contributed by atoms with E-state index >= 15 is 0 Å². The standard InChI is InChI=1S/C20H24FN5O2.2ClH/c1-28-17-5-9-23-20(25-17)26-10-6-13(7-11-26)19(27)24-16-3-2-14-12-22-8-4-15(14)18(16)21;;/h2-3,5,9,13,22H,4,6-8,10-12H2,1H3,(H,24,27);2*1H. The van der Waals surface area contributed by atoms with Crippen LogP contribution in [0.5, 0.6) is 5.88 Å². The molecule has 2 aromatic rings. The van der Waals surface area contributed by atoms with Gasteiger partial charge in [-0.3, -0.25) is 4.79 Å². The maximum absolute atomic E-state index is 14.8. The zero-order valence-corrected chi connectivity index (χ0v) is 18.3. The second-order valence-electron chi connectivity index (χ2n) is 7.14. The van der Waals surface area contributed by atoms with Gasteiger partial charge in [-0.1, -0.05) is 6.07 Å². The first-order valence-electron chi connectivity index (χ1n) is 9.59. The lowest BCUT2D eigenvalue weighted by molar-refractivity contribution is -0.120. The van der Waals surface area contributed by atoms with E-state index in [0.717, 1.165) is 12.1 Å². The summed E-state index contributed by atoms with van der Waals surface area (Å²) in [6.45, 7) is 2.77. The summed E-state index contributed by atoms with van der Waals surface area (Å²) in [6, 6.07) is 5.26. The molecule has 0 saturated carbocycles. The minimum Gasteiger partial charge on any atom is -0.481 e.